The molecule has 1 rings (SSSR count). The quantitative estimate of drug-likeness (QED) is 0.172. The number of unbranched alkanes of at least 4 members (excludes halogenated alkanes) is 14. The van der Waals surface area contributed by atoms with E-state index in [9.17, 15) is 13.2 Å². The van der Waals surface area contributed by atoms with Crippen LogP contribution in [0, 0.1) is 0 Å². The van der Waals surface area contributed by atoms with Gasteiger partial charge in [-0.1, -0.05) is 96.8 Å². The molecule has 0 bridgehead atoms. The summed E-state index contributed by atoms with van der Waals surface area (Å²) in [5.74, 6) is -0.443. The number of carbonyl (C=O) groups is 1. The van der Waals surface area contributed by atoms with E-state index in [0.29, 0.717) is 5.69 Å². The molecule has 0 aliphatic heterocycles. The maximum Gasteiger partial charge on any atom is 0.316 e. The average Bonchev–Trinajstić information content (AvgIpc) is 2.71. The van der Waals surface area contributed by atoms with Gasteiger partial charge in [-0.15, -0.1) is 0 Å². The minimum absolute atomic E-state index is 0. The Kier molecular flexibility index (Phi) is 18.3. The standard InChI is InChI=1S/C24H42N2O3S.Mg.2H/c1-2-3-4-5-6-7-8-9-10-11-12-13-14-15-16-17-24(27)26-30(28,29)23-20-18-22(25)19-21-23;;;/h18-21H,2-17,25H2,1H3,(H,26,27);;;. The summed E-state index contributed by atoms with van der Waals surface area (Å²) < 4.78 is 26.4. The fourth-order valence-electron chi connectivity index (χ4n) is 3.56. The van der Waals surface area contributed by atoms with Gasteiger partial charge in [0, 0.05) is 12.1 Å². The smallest absolute Gasteiger partial charge is 0.316 e. The minimum Gasteiger partial charge on any atom is -0.399 e. The molecule has 0 aromatic heterocycles. The van der Waals surface area contributed by atoms with E-state index in [1.165, 1.54) is 101 Å². The van der Waals surface area contributed by atoms with Crippen molar-refractivity contribution in [3.63, 3.8) is 0 Å². The lowest BCUT2D eigenvalue weighted by atomic mass is 10.0. The maximum atomic E-state index is 12.1. The zero-order valence-electron chi connectivity index (χ0n) is 18.8. The Balaban J connectivity index is 0.00000900. The minimum atomic E-state index is -3.80. The van der Waals surface area contributed by atoms with Gasteiger partial charge in [-0.3, -0.25) is 4.79 Å². The lowest BCUT2D eigenvalue weighted by molar-refractivity contribution is -0.119. The highest BCUT2D eigenvalue weighted by Crippen LogP contribution is 2.14. The molecule has 0 fully saturated rings. The van der Waals surface area contributed by atoms with Crippen LogP contribution in [0.3, 0.4) is 0 Å². The number of nitrogen functional groups attached to an aromatic ring is 1. The van der Waals surface area contributed by atoms with Gasteiger partial charge in [0.1, 0.15) is 0 Å². The lowest BCUT2D eigenvalue weighted by Gasteiger charge is -2.07. The Bertz CT molecular complexity index is 679. The number of hydrogen-bond donors (Lipinski definition) is 2. The molecule has 0 atom stereocenters. The van der Waals surface area contributed by atoms with Crippen molar-refractivity contribution in [2.75, 3.05) is 5.73 Å². The molecule has 1 amide bonds. The van der Waals surface area contributed by atoms with Crippen molar-refractivity contribution >= 4 is 44.7 Å². The summed E-state index contributed by atoms with van der Waals surface area (Å²) in [5, 5.41) is 0. The van der Waals surface area contributed by atoms with Crippen molar-refractivity contribution in [3.8, 4) is 0 Å². The first-order chi connectivity index (χ1) is 14.5. The third-order valence-corrected chi connectivity index (χ3v) is 6.84. The van der Waals surface area contributed by atoms with E-state index in [-0.39, 0.29) is 34.4 Å². The Morgan fingerprint density at radius 3 is 1.55 bits per heavy atom. The average molecular weight is 465 g/mol. The van der Waals surface area contributed by atoms with Crippen LogP contribution in [0.2, 0.25) is 0 Å². The number of amides is 1. The highest BCUT2D eigenvalue weighted by molar-refractivity contribution is 7.90. The van der Waals surface area contributed by atoms with E-state index in [4.69, 9.17) is 5.73 Å². The third kappa shape index (κ3) is 15.6. The van der Waals surface area contributed by atoms with Gasteiger partial charge in [-0.25, -0.2) is 13.1 Å². The molecule has 0 heterocycles. The molecule has 0 radical (unpaired) electrons. The predicted molar refractivity (Wildman–Crippen MR) is 134 cm³/mol. The molecule has 3 N–H and O–H groups in total. The maximum absolute atomic E-state index is 12.1. The van der Waals surface area contributed by atoms with Gasteiger partial charge in [-0.05, 0) is 30.7 Å². The second-order valence-electron chi connectivity index (χ2n) is 8.30. The van der Waals surface area contributed by atoms with Crippen molar-refractivity contribution in [1.29, 1.82) is 0 Å². The highest BCUT2D eigenvalue weighted by atomic mass is 32.2. The van der Waals surface area contributed by atoms with Crippen LogP contribution < -0.4 is 10.5 Å². The summed E-state index contributed by atoms with van der Waals surface area (Å²) in [5.41, 5.74) is 6.04. The van der Waals surface area contributed by atoms with Crippen LogP contribution in [0.5, 0.6) is 0 Å². The number of benzene rings is 1. The van der Waals surface area contributed by atoms with E-state index >= 15 is 0 Å². The summed E-state index contributed by atoms with van der Waals surface area (Å²) in [6, 6.07) is 5.82. The SMILES string of the molecule is CCCCCCCCCCCCCCCCCC(=O)NS(=O)(=O)c1ccc(N)cc1.[MgH2]. The van der Waals surface area contributed by atoms with Gasteiger partial charge in [0.2, 0.25) is 5.91 Å². The molecule has 7 heteroatoms. The summed E-state index contributed by atoms with van der Waals surface area (Å²) in [7, 11) is -3.80. The molecule has 0 unspecified atom stereocenters. The predicted octanol–water partition coefficient (Wildman–Crippen LogP) is 5.42. The normalized spacial score (nSPS) is 11.1. The van der Waals surface area contributed by atoms with Gasteiger partial charge < -0.3 is 5.73 Å². The molecule has 1 aromatic rings. The first-order valence-corrected chi connectivity index (χ1v) is 13.3. The van der Waals surface area contributed by atoms with Crippen LogP contribution in [0.1, 0.15) is 110 Å². The molecular formula is C24H44MgN2O3S. The molecule has 0 saturated heterocycles. The zero-order chi connectivity index (χ0) is 22.1. The molecule has 0 saturated carbocycles. The van der Waals surface area contributed by atoms with Gasteiger partial charge in [0.05, 0.1) is 4.90 Å². The van der Waals surface area contributed by atoms with E-state index in [1.54, 1.807) is 0 Å². The lowest BCUT2D eigenvalue weighted by Crippen LogP contribution is -2.30. The third-order valence-electron chi connectivity index (χ3n) is 5.45. The molecular weight excluding hydrogens is 421 g/mol. The van der Waals surface area contributed by atoms with Crippen LogP contribution in [-0.4, -0.2) is 37.4 Å². The topological polar surface area (TPSA) is 89.3 Å². The van der Waals surface area contributed by atoms with Crippen LogP contribution in [-0.2, 0) is 14.8 Å². The number of sulfonamides is 1. The Labute approximate surface area is 206 Å². The first-order valence-electron chi connectivity index (χ1n) is 11.9. The van der Waals surface area contributed by atoms with Crippen molar-refractivity contribution < 1.29 is 13.2 Å². The molecule has 1 aromatic carbocycles. The Morgan fingerprint density at radius 1 is 0.742 bits per heavy atom. The molecule has 0 spiro atoms. The number of hydrogen-bond acceptors (Lipinski definition) is 4. The fraction of sp³-hybridized carbons (Fsp3) is 0.708. The number of rotatable bonds is 18. The highest BCUT2D eigenvalue weighted by Gasteiger charge is 2.16. The number of nitrogens with one attached hydrogen (secondary N) is 1. The molecule has 176 valence electrons. The van der Waals surface area contributed by atoms with Gasteiger partial charge in [0.25, 0.3) is 10.0 Å². The fourth-order valence-corrected chi connectivity index (χ4v) is 4.58. The van der Waals surface area contributed by atoms with Crippen LogP contribution >= 0.6 is 0 Å². The van der Waals surface area contributed by atoms with Crippen molar-refractivity contribution in [3.05, 3.63) is 24.3 Å². The summed E-state index contributed by atoms with van der Waals surface area (Å²) >= 11 is 0. The second-order valence-corrected chi connectivity index (χ2v) is 9.98. The summed E-state index contributed by atoms with van der Waals surface area (Å²) in [4.78, 5) is 12.0. The van der Waals surface area contributed by atoms with Crippen LogP contribution in [0.4, 0.5) is 5.69 Å². The second kappa shape index (κ2) is 18.7. The van der Waals surface area contributed by atoms with E-state index < -0.39 is 15.9 Å². The number of anilines is 1. The molecule has 5 nitrogen and oxygen atoms in total. The van der Waals surface area contributed by atoms with Gasteiger partial charge >= 0.3 is 23.1 Å². The van der Waals surface area contributed by atoms with Crippen LogP contribution in [0.15, 0.2) is 29.2 Å². The first kappa shape index (κ1) is 30.2. The monoisotopic (exact) mass is 464 g/mol. The van der Waals surface area contributed by atoms with Crippen molar-refractivity contribution in [2.45, 2.75) is 115 Å². The summed E-state index contributed by atoms with van der Waals surface area (Å²) in [6.45, 7) is 2.26. The number of carbonyl (C=O) groups excluding carboxylic acids is 1. The Morgan fingerprint density at radius 2 is 1.13 bits per heavy atom. The zero-order valence-corrected chi connectivity index (χ0v) is 19.6. The molecule has 0 aliphatic carbocycles. The van der Waals surface area contributed by atoms with E-state index in [2.05, 4.69) is 11.6 Å². The summed E-state index contributed by atoms with van der Waals surface area (Å²) in [6.07, 6.45) is 19.2. The molecule has 0 aliphatic rings. The van der Waals surface area contributed by atoms with Gasteiger partial charge in [0.15, 0.2) is 0 Å². The van der Waals surface area contributed by atoms with Crippen LogP contribution in [0.25, 0.3) is 0 Å². The number of nitrogens with two attached hydrogens (primary N) is 1. The van der Waals surface area contributed by atoms with E-state index in [1.807, 2.05) is 0 Å². The van der Waals surface area contributed by atoms with Gasteiger partial charge in [-0.2, -0.15) is 0 Å². The van der Waals surface area contributed by atoms with Crippen molar-refractivity contribution in [2.24, 2.45) is 0 Å². The van der Waals surface area contributed by atoms with Crippen molar-refractivity contribution in [1.82, 2.24) is 4.72 Å². The van der Waals surface area contributed by atoms with E-state index in [0.717, 1.165) is 19.3 Å². The Hall–Kier alpha value is -0.794. The molecule has 31 heavy (non-hydrogen) atoms. The largest absolute Gasteiger partial charge is 0.399 e.